The van der Waals surface area contributed by atoms with Crippen LogP contribution in [-0.2, 0) is 19.0 Å². The number of benzene rings is 1. The number of nitrogens with one attached hydrogen (secondary N) is 1. The van der Waals surface area contributed by atoms with Crippen molar-refractivity contribution in [2.75, 3.05) is 18.0 Å². The van der Waals surface area contributed by atoms with Gasteiger partial charge in [-0.15, -0.1) is 0 Å². The summed E-state index contributed by atoms with van der Waals surface area (Å²) in [5, 5.41) is 0.704. The lowest BCUT2D eigenvalue weighted by atomic mass is 9.76. The highest BCUT2D eigenvalue weighted by molar-refractivity contribution is 7.99. The van der Waals surface area contributed by atoms with Gasteiger partial charge in [0.25, 0.3) is 0 Å². The second-order valence-corrected chi connectivity index (χ2v) is 11.1. The quantitative estimate of drug-likeness (QED) is 0.309. The molecule has 0 amide bonds. The van der Waals surface area contributed by atoms with Crippen LogP contribution in [0.5, 0.6) is 0 Å². The van der Waals surface area contributed by atoms with E-state index in [-0.39, 0.29) is 4.90 Å². The van der Waals surface area contributed by atoms with E-state index in [0.717, 1.165) is 62.7 Å². The normalized spacial score (nSPS) is 17.2. The Morgan fingerprint density at radius 3 is 2.41 bits per heavy atom. The maximum absolute atomic E-state index is 13.5. The van der Waals surface area contributed by atoms with Crippen LogP contribution in [0.4, 0.5) is 19.1 Å². The van der Waals surface area contributed by atoms with Crippen LogP contribution in [0.1, 0.15) is 29.7 Å². The number of pyridine rings is 1. The fourth-order valence-corrected chi connectivity index (χ4v) is 6.97. The van der Waals surface area contributed by atoms with E-state index in [1.54, 1.807) is 12.4 Å². The predicted octanol–water partition coefficient (Wildman–Crippen LogP) is 6.16. The Morgan fingerprint density at radius 1 is 0.919 bits per heavy atom. The van der Waals surface area contributed by atoms with Crippen LogP contribution < -0.4 is 4.90 Å². The molecule has 1 fully saturated rings. The molecule has 1 aliphatic heterocycles. The SMILES string of the molecule is FC(F)(F)c1ncccc1Sc1c[nH]c2nc(N3CCC4(CC3)Cc3ccccc3C4)n3ccnc3c12. The van der Waals surface area contributed by atoms with Crippen molar-refractivity contribution in [2.45, 2.75) is 41.7 Å². The molecule has 4 aromatic heterocycles. The molecule has 188 valence electrons. The minimum absolute atomic E-state index is 0.0450. The van der Waals surface area contributed by atoms with Crippen LogP contribution in [0.25, 0.3) is 16.7 Å². The Balaban J connectivity index is 1.20. The standard InChI is InChI=1S/C27H23F3N6S/c28-27(29,30)22-19(6-3-9-31-22)37-20-16-33-23-21(20)24-32-10-13-36(24)25(34-23)35-11-7-26(8-12-35)14-17-4-1-2-5-18(17)15-26/h1-6,9-10,13,16,33H,7-8,11-12,14-15H2. The third kappa shape index (κ3) is 3.77. The van der Waals surface area contributed by atoms with Crippen molar-refractivity contribution in [3.05, 3.63) is 78.0 Å². The highest BCUT2D eigenvalue weighted by Crippen LogP contribution is 2.46. The van der Waals surface area contributed by atoms with Crippen LogP contribution in [0, 0.1) is 5.41 Å². The average molecular weight is 521 g/mol. The lowest BCUT2D eigenvalue weighted by Gasteiger charge is -2.40. The number of fused-ring (bicyclic) bond motifs is 4. The summed E-state index contributed by atoms with van der Waals surface area (Å²) in [4.78, 5) is 19.2. The Morgan fingerprint density at radius 2 is 1.68 bits per heavy atom. The van der Waals surface area contributed by atoms with E-state index in [4.69, 9.17) is 4.98 Å². The van der Waals surface area contributed by atoms with Gasteiger partial charge in [0.15, 0.2) is 11.3 Å². The maximum atomic E-state index is 13.5. The summed E-state index contributed by atoms with van der Waals surface area (Å²) in [6.07, 6.45) is 6.37. The van der Waals surface area contributed by atoms with Gasteiger partial charge in [-0.2, -0.15) is 18.2 Å². The Hall–Kier alpha value is -3.53. The molecule has 0 atom stereocenters. The van der Waals surface area contributed by atoms with Crippen molar-refractivity contribution >= 4 is 34.4 Å². The van der Waals surface area contributed by atoms with E-state index in [0.29, 0.717) is 27.0 Å². The van der Waals surface area contributed by atoms with E-state index >= 15 is 0 Å². The van der Waals surface area contributed by atoms with Gasteiger partial charge in [0.1, 0.15) is 5.65 Å². The first-order valence-electron chi connectivity index (χ1n) is 12.3. The lowest BCUT2D eigenvalue weighted by molar-refractivity contribution is -0.143. The fraction of sp³-hybridized carbons (Fsp3) is 0.296. The smallest absolute Gasteiger partial charge is 0.345 e. The largest absolute Gasteiger partial charge is 0.434 e. The first kappa shape index (κ1) is 22.7. The zero-order valence-electron chi connectivity index (χ0n) is 19.8. The number of piperidine rings is 1. The number of nitrogens with zero attached hydrogens (tertiary/aromatic N) is 5. The second kappa shape index (κ2) is 8.24. The van der Waals surface area contributed by atoms with E-state index < -0.39 is 11.9 Å². The van der Waals surface area contributed by atoms with E-state index in [2.05, 4.69) is 44.1 Å². The van der Waals surface area contributed by atoms with Crippen LogP contribution in [-0.4, -0.2) is 37.4 Å². The molecule has 0 radical (unpaired) electrons. The molecule has 7 rings (SSSR count). The number of alkyl halides is 3. The molecule has 1 saturated heterocycles. The van der Waals surface area contributed by atoms with Gasteiger partial charge in [-0.3, -0.25) is 9.38 Å². The summed E-state index contributed by atoms with van der Waals surface area (Å²) in [6.45, 7) is 1.79. The van der Waals surface area contributed by atoms with Gasteiger partial charge in [-0.1, -0.05) is 36.0 Å². The molecule has 37 heavy (non-hydrogen) atoms. The first-order valence-corrected chi connectivity index (χ1v) is 13.1. The van der Waals surface area contributed by atoms with Gasteiger partial charge in [0, 0.05) is 47.7 Å². The number of aromatic nitrogens is 5. The van der Waals surface area contributed by atoms with Crippen LogP contribution in [0.3, 0.4) is 0 Å². The predicted molar refractivity (Wildman–Crippen MR) is 136 cm³/mol. The first-order chi connectivity index (χ1) is 17.9. The molecular weight excluding hydrogens is 497 g/mol. The molecule has 1 N–H and O–H groups in total. The number of H-pyrrole nitrogens is 1. The van der Waals surface area contributed by atoms with Crippen molar-refractivity contribution < 1.29 is 13.2 Å². The zero-order chi connectivity index (χ0) is 25.2. The van der Waals surface area contributed by atoms with E-state index in [1.807, 2.05) is 10.6 Å². The molecule has 0 saturated carbocycles. The third-order valence-corrected chi connectivity index (χ3v) is 8.82. The number of aromatic amines is 1. The molecule has 1 spiro atoms. The summed E-state index contributed by atoms with van der Waals surface area (Å²) in [5.41, 5.74) is 3.66. The Kier molecular flexibility index (Phi) is 5.04. The van der Waals surface area contributed by atoms with Gasteiger partial charge in [0.2, 0.25) is 5.95 Å². The maximum Gasteiger partial charge on any atom is 0.434 e. The Labute approximate surface area is 215 Å². The number of rotatable bonds is 3. The highest BCUT2D eigenvalue weighted by Gasteiger charge is 2.40. The number of hydrogen-bond donors (Lipinski definition) is 1. The average Bonchev–Trinajstić information content (AvgIpc) is 3.60. The minimum atomic E-state index is -4.53. The summed E-state index contributed by atoms with van der Waals surface area (Å²) in [7, 11) is 0. The highest BCUT2D eigenvalue weighted by atomic mass is 32.2. The third-order valence-electron chi connectivity index (χ3n) is 7.73. The molecular formula is C27H23F3N6S. The monoisotopic (exact) mass is 520 g/mol. The van der Waals surface area contributed by atoms with E-state index in [9.17, 15) is 13.2 Å². The van der Waals surface area contributed by atoms with Gasteiger partial charge in [-0.25, -0.2) is 4.98 Å². The minimum Gasteiger partial charge on any atom is -0.345 e. The number of anilines is 1. The van der Waals surface area contributed by atoms with Crippen molar-refractivity contribution in [3.8, 4) is 0 Å². The van der Waals surface area contributed by atoms with Crippen molar-refractivity contribution in [2.24, 2.45) is 5.41 Å². The second-order valence-electron chi connectivity index (χ2n) is 9.97. The summed E-state index contributed by atoms with van der Waals surface area (Å²) >= 11 is 1.02. The molecule has 2 aliphatic rings. The molecule has 5 aromatic rings. The van der Waals surface area contributed by atoms with Gasteiger partial charge < -0.3 is 9.88 Å². The fourth-order valence-electron chi connectivity index (χ4n) is 5.92. The van der Waals surface area contributed by atoms with Gasteiger partial charge in [0.05, 0.1) is 5.39 Å². The molecule has 1 aliphatic carbocycles. The van der Waals surface area contributed by atoms with Crippen molar-refractivity contribution in [3.63, 3.8) is 0 Å². The summed E-state index contributed by atoms with van der Waals surface area (Å²) < 4.78 is 42.5. The molecule has 5 heterocycles. The summed E-state index contributed by atoms with van der Waals surface area (Å²) in [5.74, 6) is 0.807. The number of imidazole rings is 1. The zero-order valence-corrected chi connectivity index (χ0v) is 20.6. The van der Waals surface area contributed by atoms with Gasteiger partial charge in [-0.05, 0) is 54.4 Å². The number of halogens is 3. The van der Waals surface area contributed by atoms with Crippen LogP contribution >= 0.6 is 11.8 Å². The number of hydrogen-bond acceptors (Lipinski definition) is 5. The molecule has 0 unspecified atom stereocenters. The van der Waals surface area contributed by atoms with E-state index in [1.165, 1.54) is 23.3 Å². The molecule has 1 aromatic carbocycles. The summed E-state index contributed by atoms with van der Waals surface area (Å²) in [6, 6.07) is 11.7. The molecule has 10 heteroatoms. The molecule has 0 bridgehead atoms. The lowest BCUT2D eigenvalue weighted by Crippen LogP contribution is -2.41. The Bertz CT molecular complexity index is 1600. The van der Waals surface area contributed by atoms with Crippen molar-refractivity contribution in [1.82, 2.24) is 24.3 Å². The topological polar surface area (TPSA) is 62.1 Å². The van der Waals surface area contributed by atoms with Crippen LogP contribution in [0.15, 0.2) is 71.0 Å². The molecule has 6 nitrogen and oxygen atoms in total. The van der Waals surface area contributed by atoms with Crippen molar-refractivity contribution in [1.29, 1.82) is 0 Å². The van der Waals surface area contributed by atoms with Gasteiger partial charge >= 0.3 is 6.18 Å². The van der Waals surface area contributed by atoms with Crippen LogP contribution in [0.2, 0.25) is 0 Å².